The van der Waals surface area contributed by atoms with Crippen molar-refractivity contribution in [3.05, 3.63) is 35.4 Å². The summed E-state index contributed by atoms with van der Waals surface area (Å²) in [5, 5.41) is 0.777. The first-order valence-corrected chi connectivity index (χ1v) is 5.87. The fourth-order valence-corrected chi connectivity index (χ4v) is 1.70. The second kappa shape index (κ2) is 5.56. The van der Waals surface area contributed by atoms with Gasteiger partial charge in [-0.05, 0) is 26.1 Å². The van der Waals surface area contributed by atoms with Crippen LogP contribution < -0.4 is 0 Å². The van der Waals surface area contributed by atoms with E-state index in [1.54, 1.807) is 0 Å². The molecular weight excluding hydrogens is 264 g/mol. The van der Waals surface area contributed by atoms with Crippen LogP contribution in [0.3, 0.4) is 0 Å². The molecule has 0 N–H and O–H groups in total. The van der Waals surface area contributed by atoms with Crippen LogP contribution in [0.15, 0.2) is 18.2 Å². The van der Waals surface area contributed by atoms with Gasteiger partial charge < -0.3 is 0 Å². The number of hydrogen-bond donors (Lipinski definition) is 0. The zero-order chi connectivity index (χ0) is 11.4. The molecule has 1 aromatic carbocycles. The SMILES string of the molecule is CC(CBr)N(C)Cc1c(F)cccc1F. The van der Waals surface area contributed by atoms with E-state index in [9.17, 15) is 8.78 Å². The normalized spacial score (nSPS) is 13.2. The van der Waals surface area contributed by atoms with Crippen LogP contribution in [0.1, 0.15) is 12.5 Å². The minimum Gasteiger partial charge on any atom is -0.298 e. The Kier molecular flexibility index (Phi) is 4.67. The van der Waals surface area contributed by atoms with Gasteiger partial charge in [-0.25, -0.2) is 8.78 Å². The smallest absolute Gasteiger partial charge is 0.130 e. The highest BCUT2D eigenvalue weighted by atomic mass is 79.9. The predicted molar refractivity (Wildman–Crippen MR) is 61.1 cm³/mol. The summed E-state index contributed by atoms with van der Waals surface area (Å²) in [5.74, 6) is -0.966. The summed E-state index contributed by atoms with van der Waals surface area (Å²) >= 11 is 3.34. The molecule has 15 heavy (non-hydrogen) atoms. The molecule has 0 aliphatic heterocycles. The van der Waals surface area contributed by atoms with Crippen LogP contribution in [0.5, 0.6) is 0 Å². The Labute approximate surface area is 97.2 Å². The third-order valence-electron chi connectivity index (χ3n) is 2.44. The molecule has 84 valence electrons. The molecule has 0 aliphatic carbocycles. The van der Waals surface area contributed by atoms with Crippen molar-refractivity contribution >= 4 is 15.9 Å². The molecule has 0 heterocycles. The van der Waals surface area contributed by atoms with E-state index >= 15 is 0 Å². The van der Waals surface area contributed by atoms with Crippen LogP contribution >= 0.6 is 15.9 Å². The topological polar surface area (TPSA) is 3.24 Å². The molecule has 0 fully saturated rings. The van der Waals surface area contributed by atoms with E-state index < -0.39 is 11.6 Å². The number of hydrogen-bond acceptors (Lipinski definition) is 1. The van der Waals surface area contributed by atoms with Crippen LogP contribution in [0.4, 0.5) is 8.78 Å². The lowest BCUT2D eigenvalue weighted by Gasteiger charge is -2.23. The van der Waals surface area contributed by atoms with Gasteiger partial charge in [-0.2, -0.15) is 0 Å². The van der Waals surface area contributed by atoms with Crippen LogP contribution in [0.25, 0.3) is 0 Å². The number of alkyl halides is 1. The highest BCUT2D eigenvalue weighted by molar-refractivity contribution is 9.09. The molecule has 0 saturated carbocycles. The monoisotopic (exact) mass is 277 g/mol. The van der Waals surface area contributed by atoms with Gasteiger partial charge in [0, 0.05) is 23.5 Å². The summed E-state index contributed by atoms with van der Waals surface area (Å²) in [4.78, 5) is 1.90. The van der Waals surface area contributed by atoms with Crippen LogP contribution in [-0.4, -0.2) is 23.3 Å². The zero-order valence-corrected chi connectivity index (χ0v) is 10.4. The number of benzene rings is 1. The van der Waals surface area contributed by atoms with E-state index in [0.29, 0.717) is 0 Å². The molecule has 4 heteroatoms. The van der Waals surface area contributed by atoms with E-state index in [0.717, 1.165) is 5.33 Å². The molecule has 1 rings (SSSR count). The van der Waals surface area contributed by atoms with Crippen molar-refractivity contribution in [2.24, 2.45) is 0 Å². The van der Waals surface area contributed by atoms with Gasteiger partial charge in [-0.1, -0.05) is 22.0 Å². The highest BCUT2D eigenvalue weighted by Crippen LogP contribution is 2.15. The molecule has 0 saturated heterocycles. The summed E-state index contributed by atoms with van der Waals surface area (Å²) < 4.78 is 26.6. The first kappa shape index (κ1) is 12.6. The van der Waals surface area contributed by atoms with Gasteiger partial charge in [-0.15, -0.1) is 0 Å². The average molecular weight is 278 g/mol. The van der Waals surface area contributed by atoms with Gasteiger partial charge in [0.1, 0.15) is 11.6 Å². The largest absolute Gasteiger partial charge is 0.298 e. The summed E-state index contributed by atoms with van der Waals surface area (Å²) in [5.41, 5.74) is 0.132. The van der Waals surface area contributed by atoms with Gasteiger partial charge in [0.2, 0.25) is 0 Å². The lowest BCUT2D eigenvalue weighted by molar-refractivity contribution is 0.262. The molecule has 0 aromatic heterocycles. The minimum atomic E-state index is -0.483. The van der Waals surface area contributed by atoms with E-state index in [-0.39, 0.29) is 18.2 Å². The van der Waals surface area contributed by atoms with Crippen LogP contribution in [0.2, 0.25) is 0 Å². The van der Waals surface area contributed by atoms with Crippen molar-refractivity contribution in [3.8, 4) is 0 Å². The van der Waals surface area contributed by atoms with E-state index in [2.05, 4.69) is 15.9 Å². The summed E-state index contributed by atoms with van der Waals surface area (Å²) in [7, 11) is 1.85. The summed E-state index contributed by atoms with van der Waals surface area (Å²) in [6.07, 6.45) is 0. The molecule has 1 unspecified atom stereocenters. The maximum absolute atomic E-state index is 13.3. The molecular formula is C11H14BrF2N. The lowest BCUT2D eigenvalue weighted by atomic mass is 10.1. The van der Waals surface area contributed by atoms with E-state index in [1.165, 1.54) is 18.2 Å². The maximum atomic E-state index is 13.3. The Morgan fingerprint density at radius 3 is 2.33 bits per heavy atom. The quantitative estimate of drug-likeness (QED) is 0.765. The second-order valence-electron chi connectivity index (χ2n) is 3.62. The first-order chi connectivity index (χ1) is 7.06. The third-order valence-corrected chi connectivity index (χ3v) is 3.38. The van der Waals surface area contributed by atoms with Gasteiger partial charge in [-0.3, -0.25) is 4.90 Å². The first-order valence-electron chi connectivity index (χ1n) is 4.75. The number of halogens is 3. The number of nitrogens with zero attached hydrogens (tertiary/aromatic N) is 1. The Hall–Kier alpha value is -0.480. The summed E-state index contributed by atoms with van der Waals surface area (Å²) in [6.45, 7) is 2.28. The highest BCUT2D eigenvalue weighted by Gasteiger charge is 2.13. The standard InChI is InChI=1S/C11H14BrF2N/c1-8(6-12)15(2)7-9-10(13)4-3-5-11(9)14/h3-5,8H,6-7H2,1-2H3. The van der Waals surface area contributed by atoms with E-state index in [1.807, 2.05) is 18.9 Å². The molecule has 1 atom stereocenters. The maximum Gasteiger partial charge on any atom is 0.130 e. The average Bonchev–Trinajstić information content (AvgIpc) is 2.22. The second-order valence-corrected chi connectivity index (χ2v) is 4.27. The van der Waals surface area contributed by atoms with Gasteiger partial charge in [0.25, 0.3) is 0 Å². The Balaban J connectivity index is 2.80. The van der Waals surface area contributed by atoms with Crippen LogP contribution in [-0.2, 0) is 6.54 Å². The minimum absolute atomic E-state index is 0.132. The molecule has 1 aromatic rings. The molecule has 0 amide bonds. The Bertz CT molecular complexity index is 310. The summed E-state index contributed by atoms with van der Waals surface area (Å²) in [6, 6.07) is 4.18. The third kappa shape index (κ3) is 3.24. The molecule has 1 nitrogen and oxygen atoms in total. The van der Waals surface area contributed by atoms with Crippen molar-refractivity contribution in [1.29, 1.82) is 0 Å². The Morgan fingerprint density at radius 1 is 1.33 bits per heavy atom. The van der Waals surface area contributed by atoms with Crippen LogP contribution in [0, 0.1) is 11.6 Å². The van der Waals surface area contributed by atoms with Gasteiger partial charge >= 0.3 is 0 Å². The van der Waals surface area contributed by atoms with Crippen molar-refractivity contribution in [3.63, 3.8) is 0 Å². The van der Waals surface area contributed by atoms with Crippen molar-refractivity contribution in [2.45, 2.75) is 19.5 Å². The predicted octanol–water partition coefficient (Wildman–Crippen LogP) is 3.18. The Morgan fingerprint density at radius 2 is 1.87 bits per heavy atom. The lowest BCUT2D eigenvalue weighted by Crippen LogP contribution is -2.30. The fourth-order valence-electron chi connectivity index (χ4n) is 1.21. The van der Waals surface area contributed by atoms with Crippen molar-refractivity contribution in [2.75, 3.05) is 12.4 Å². The van der Waals surface area contributed by atoms with Crippen molar-refractivity contribution in [1.82, 2.24) is 4.90 Å². The number of rotatable bonds is 4. The van der Waals surface area contributed by atoms with Crippen molar-refractivity contribution < 1.29 is 8.78 Å². The van der Waals surface area contributed by atoms with Gasteiger partial charge in [0.05, 0.1) is 0 Å². The molecule has 0 spiro atoms. The van der Waals surface area contributed by atoms with Gasteiger partial charge in [0.15, 0.2) is 0 Å². The molecule has 0 aliphatic rings. The fraction of sp³-hybridized carbons (Fsp3) is 0.455. The van der Waals surface area contributed by atoms with E-state index in [4.69, 9.17) is 0 Å². The molecule has 0 radical (unpaired) electrons. The zero-order valence-electron chi connectivity index (χ0n) is 8.80. The molecule has 0 bridgehead atoms.